The second-order valence-corrected chi connectivity index (χ2v) is 6.02. The molecule has 114 valence electrons. The minimum atomic E-state index is -0.565. The van der Waals surface area contributed by atoms with E-state index in [1.165, 1.54) is 0 Å². The molecule has 1 aliphatic rings. The lowest BCUT2D eigenvalue weighted by molar-refractivity contribution is -0.117. The molecule has 0 radical (unpaired) electrons. The zero-order valence-corrected chi connectivity index (χ0v) is 12.6. The van der Waals surface area contributed by atoms with Gasteiger partial charge in [0.15, 0.2) is 0 Å². The van der Waals surface area contributed by atoms with Crippen molar-refractivity contribution >= 4 is 17.5 Å². The Balaban J connectivity index is 2.05. The summed E-state index contributed by atoms with van der Waals surface area (Å²) in [5.74, 6) is -0.0552. The molecule has 0 aromatic heterocycles. The molecule has 0 spiro atoms. The van der Waals surface area contributed by atoms with Crippen LogP contribution < -0.4 is 16.4 Å². The molecule has 1 fully saturated rings. The van der Waals surface area contributed by atoms with E-state index >= 15 is 0 Å². The second-order valence-electron chi connectivity index (χ2n) is 6.02. The Labute approximate surface area is 125 Å². The molecular formula is C16H23N3O2. The number of nitrogens with one attached hydrogen (secondary N) is 2. The molecule has 0 aliphatic heterocycles. The largest absolute Gasteiger partial charge is 0.349 e. The van der Waals surface area contributed by atoms with Crippen LogP contribution in [0.25, 0.3) is 0 Å². The molecule has 5 heteroatoms. The number of rotatable bonds is 6. The summed E-state index contributed by atoms with van der Waals surface area (Å²) < 4.78 is 0. The molecule has 0 heterocycles. The first-order valence-corrected chi connectivity index (χ1v) is 7.43. The number of amides is 2. The third-order valence-electron chi connectivity index (χ3n) is 3.40. The number of nitrogens with two attached hydrogens (primary N) is 1. The summed E-state index contributed by atoms with van der Waals surface area (Å²) >= 11 is 0. The number of benzene rings is 1. The molecule has 1 atom stereocenters. The Morgan fingerprint density at radius 1 is 1.29 bits per heavy atom. The molecule has 4 N–H and O–H groups in total. The lowest BCUT2D eigenvalue weighted by Crippen LogP contribution is -2.37. The normalized spacial score (nSPS) is 15.6. The van der Waals surface area contributed by atoms with Crippen LogP contribution in [0.1, 0.15) is 43.5 Å². The van der Waals surface area contributed by atoms with Gasteiger partial charge in [0.05, 0.1) is 17.3 Å². The molecule has 0 bridgehead atoms. The van der Waals surface area contributed by atoms with Crippen molar-refractivity contribution < 1.29 is 9.59 Å². The van der Waals surface area contributed by atoms with Crippen LogP contribution in [0.15, 0.2) is 24.3 Å². The van der Waals surface area contributed by atoms with Gasteiger partial charge in [0.25, 0.3) is 5.91 Å². The fourth-order valence-electron chi connectivity index (χ4n) is 2.12. The molecule has 1 saturated carbocycles. The van der Waals surface area contributed by atoms with Crippen LogP contribution in [0.2, 0.25) is 0 Å². The Kier molecular flexibility index (Phi) is 4.96. The lowest BCUT2D eigenvalue weighted by atomic mass is 10.0. The van der Waals surface area contributed by atoms with Crippen LogP contribution >= 0.6 is 0 Å². The summed E-state index contributed by atoms with van der Waals surface area (Å²) in [5, 5.41) is 5.69. The van der Waals surface area contributed by atoms with Gasteiger partial charge < -0.3 is 16.4 Å². The standard InChI is InChI=1S/C16H23N3O2/c1-10(2)9-13(17)16(21)19-14-6-4-3-5-12(14)15(20)18-11-7-8-11/h3-6,10-11,13H,7-9,17H2,1-2H3,(H,18,20)(H,19,21)/t13-/m0/s1. The number of para-hydroxylation sites is 1. The van der Waals surface area contributed by atoms with Gasteiger partial charge in [0, 0.05) is 6.04 Å². The van der Waals surface area contributed by atoms with E-state index in [2.05, 4.69) is 10.6 Å². The average Bonchev–Trinajstić information content (AvgIpc) is 3.22. The Bertz CT molecular complexity index is 524. The smallest absolute Gasteiger partial charge is 0.253 e. The quantitative estimate of drug-likeness (QED) is 0.747. The van der Waals surface area contributed by atoms with Crippen molar-refractivity contribution in [2.24, 2.45) is 11.7 Å². The van der Waals surface area contributed by atoms with Gasteiger partial charge in [-0.25, -0.2) is 0 Å². The lowest BCUT2D eigenvalue weighted by Gasteiger charge is -2.16. The Morgan fingerprint density at radius 2 is 1.95 bits per heavy atom. The van der Waals surface area contributed by atoms with Gasteiger partial charge >= 0.3 is 0 Å². The maximum Gasteiger partial charge on any atom is 0.253 e. The topological polar surface area (TPSA) is 84.2 Å². The van der Waals surface area contributed by atoms with E-state index < -0.39 is 6.04 Å². The van der Waals surface area contributed by atoms with Gasteiger partial charge in [0.2, 0.25) is 5.91 Å². The van der Waals surface area contributed by atoms with Gasteiger partial charge in [-0.2, -0.15) is 0 Å². The number of hydrogen-bond donors (Lipinski definition) is 3. The number of hydrogen-bond acceptors (Lipinski definition) is 3. The van der Waals surface area contributed by atoms with Crippen molar-refractivity contribution in [1.82, 2.24) is 5.32 Å². The SMILES string of the molecule is CC(C)C[C@H](N)C(=O)Nc1ccccc1C(=O)NC1CC1. The second kappa shape index (κ2) is 6.72. The van der Waals surface area contributed by atoms with Crippen molar-refractivity contribution in [2.75, 3.05) is 5.32 Å². The molecule has 2 rings (SSSR count). The average molecular weight is 289 g/mol. The predicted octanol–water partition coefficient (Wildman–Crippen LogP) is 1.89. The van der Waals surface area contributed by atoms with Crippen LogP contribution in [0.3, 0.4) is 0 Å². The molecule has 1 aromatic carbocycles. The van der Waals surface area contributed by atoms with Crippen LogP contribution in [-0.2, 0) is 4.79 Å². The van der Waals surface area contributed by atoms with Crippen LogP contribution in [0, 0.1) is 5.92 Å². The molecule has 5 nitrogen and oxygen atoms in total. The monoisotopic (exact) mass is 289 g/mol. The highest BCUT2D eigenvalue weighted by atomic mass is 16.2. The van der Waals surface area contributed by atoms with E-state index in [0.717, 1.165) is 12.8 Å². The first-order valence-electron chi connectivity index (χ1n) is 7.43. The fourth-order valence-corrected chi connectivity index (χ4v) is 2.12. The highest BCUT2D eigenvalue weighted by molar-refractivity contribution is 6.04. The van der Waals surface area contributed by atoms with Crippen LogP contribution in [-0.4, -0.2) is 23.9 Å². The Morgan fingerprint density at radius 3 is 2.57 bits per heavy atom. The van der Waals surface area contributed by atoms with Crippen LogP contribution in [0.4, 0.5) is 5.69 Å². The van der Waals surface area contributed by atoms with Crippen molar-refractivity contribution in [3.8, 4) is 0 Å². The maximum absolute atomic E-state index is 12.2. The zero-order valence-electron chi connectivity index (χ0n) is 12.6. The summed E-state index contributed by atoms with van der Waals surface area (Å²) in [6.07, 6.45) is 2.67. The van der Waals surface area contributed by atoms with Crippen LogP contribution in [0.5, 0.6) is 0 Å². The summed E-state index contributed by atoms with van der Waals surface area (Å²) in [5.41, 5.74) is 6.87. The summed E-state index contributed by atoms with van der Waals surface area (Å²) in [6.45, 7) is 4.04. The maximum atomic E-state index is 12.2. The van der Waals surface area contributed by atoms with E-state index in [9.17, 15) is 9.59 Å². The molecule has 1 aliphatic carbocycles. The molecule has 2 amide bonds. The van der Waals surface area contributed by atoms with Gasteiger partial charge in [0.1, 0.15) is 0 Å². The van der Waals surface area contributed by atoms with Gasteiger partial charge in [-0.15, -0.1) is 0 Å². The minimum Gasteiger partial charge on any atom is -0.349 e. The minimum absolute atomic E-state index is 0.147. The summed E-state index contributed by atoms with van der Waals surface area (Å²) in [4.78, 5) is 24.2. The van der Waals surface area contributed by atoms with E-state index in [0.29, 0.717) is 23.6 Å². The fraction of sp³-hybridized carbons (Fsp3) is 0.500. The first kappa shape index (κ1) is 15.5. The molecular weight excluding hydrogens is 266 g/mol. The van der Waals surface area contributed by atoms with Gasteiger partial charge in [-0.05, 0) is 37.3 Å². The third kappa shape index (κ3) is 4.56. The first-order chi connectivity index (χ1) is 9.97. The Hall–Kier alpha value is -1.88. The predicted molar refractivity (Wildman–Crippen MR) is 83.0 cm³/mol. The molecule has 0 unspecified atom stereocenters. The van der Waals surface area contributed by atoms with Crippen molar-refractivity contribution in [1.29, 1.82) is 0 Å². The van der Waals surface area contributed by atoms with E-state index in [1.807, 2.05) is 13.8 Å². The third-order valence-corrected chi connectivity index (χ3v) is 3.40. The van der Waals surface area contributed by atoms with Crippen molar-refractivity contribution in [2.45, 2.75) is 45.2 Å². The van der Waals surface area contributed by atoms with Crippen molar-refractivity contribution in [3.63, 3.8) is 0 Å². The molecule has 0 saturated heterocycles. The molecule has 21 heavy (non-hydrogen) atoms. The molecule has 1 aromatic rings. The summed E-state index contributed by atoms with van der Waals surface area (Å²) in [6, 6.07) is 6.72. The number of carbonyl (C=O) groups is 2. The van der Waals surface area contributed by atoms with E-state index in [1.54, 1.807) is 24.3 Å². The number of carbonyl (C=O) groups excluding carboxylic acids is 2. The van der Waals surface area contributed by atoms with E-state index in [4.69, 9.17) is 5.73 Å². The van der Waals surface area contributed by atoms with E-state index in [-0.39, 0.29) is 17.9 Å². The number of anilines is 1. The summed E-state index contributed by atoms with van der Waals surface area (Å²) in [7, 11) is 0. The van der Waals surface area contributed by atoms with Gasteiger partial charge in [-0.1, -0.05) is 26.0 Å². The highest BCUT2D eigenvalue weighted by Gasteiger charge is 2.25. The van der Waals surface area contributed by atoms with Crippen molar-refractivity contribution in [3.05, 3.63) is 29.8 Å². The van der Waals surface area contributed by atoms with Gasteiger partial charge in [-0.3, -0.25) is 9.59 Å². The zero-order chi connectivity index (χ0) is 15.4. The highest BCUT2D eigenvalue weighted by Crippen LogP contribution is 2.21.